The van der Waals surface area contributed by atoms with Crippen LogP contribution >= 0.6 is 0 Å². The summed E-state index contributed by atoms with van der Waals surface area (Å²) in [7, 11) is -4.27. The summed E-state index contributed by atoms with van der Waals surface area (Å²) < 4.78 is 69.2. The first-order valence-corrected chi connectivity index (χ1v) is 7.15. The maximum Gasteiger partial charge on any atom is 0.417 e. The SMILES string of the molecule is O=S(=O)(c1ccc(O)cc1C(F)(F)F)N1CCOCC1. The monoisotopic (exact) mass is 311 g/mol. The van der Waals surface area contributed by atoms with Gasteiger partial charge in [0.2, 0.25) is 10.0 Å². The fourth-order valence-electron chi connectivity index (χ4n) is 1.89. The molecule has 0 aliphatic carbocycles. The Morgan fingerprint density at radius 3 is 2.35 bits per heavy atom. The Balaban J connectivity index is 2.51. The van der Waals surface area contributed by atoms with Gasteiger partial charge in [0.25, 0.3) is 0 Å². The zero-order valence-corrected chi connectivity index (χ0v) is 11.0. The van der Waals surface area contributed by atoms with E-state index in [9.17, 15) is 21.6 Å². The highest BCUT2D eigenvalue weighted by Gasteiger charge is 2.39. The molecule has 0 spiro atoms. The first kappa shape index (κ1) is 15.1. The van der Waals surface area contributed by atoms with Gasteiger partial charge in [-0.1, -0.05) is 0 Å². The maximum atomic E-state index is 12.9. The van der Waals surface area contributed by atoms with Gasteiger partial charge in [-0.2, -0.15) is 17.5 Å². The first-order chi connectivity index (χ1) is 9.23. The van der Waals surface area contributed by atoms with Crippen LogP contribution in [0.2, 0.25) is 0 Å². The Kier molecular flexibility index (Phi) is 3.94. The largest absolute Gasteiger partial charge is 0.508 e. The molecular formula is C11H12F3NO4S. The number of benzene rings is 1. The number of phenols is 1. The number of morpholine rings is 1. The average Bonchev–Trinajstić information content (AvgIpc) is 2.38. The molecule has 0 unspecified atom stereocenters. The lowest BCUT2D eigenvalue weighted by Crippen LogP contribution is -2.41. The predicted octanol–water partition coefficient (Wildman–Crippen LogP) is 1.43. The Morgan fingerprint density at radius 2 is 1.80 bits per heavy atom. The van der Waals surface area contributed by atoms with E-state index < -0.39 is 32.4 Å². The van der Waals surface area contributed by atoms with E-state index in [0.29, 0.717) is 6.07 Å². The van der Waals surface area contributed by atoms with E-state index in [4.69, 9.17) is 9.84 Å². The number of hydrogen-bond acceptors (Lipinski definition) is 4. The molecule has 1 aliphatic rings. The number of rotatable bonds is 2. The standard InChI is InChI=1S/C11H12F3NO4S/c12-11(13,14)9-7-8(16)1-2-10(9)20(17,18)15-3-5-19-6-4-15/h1-2,7,16H,3-6H2. The summed E-state index contributed by atoms with van der Waals surface area (Å²) >= 11 is 0. The predicted molar refractivity (Wildman–Crippen MR) is 62.7 cm³/mol. The minimum absolute atomic E-state index is 0.000503. The van der Waals surface area contributed by atoms with Gasteiger partial charge in [0.15, 0.2) is 0 Å². The van der Waals surface area contributed by atoms with Crippen molar-refractivity contribution in [2.24, 2.45) is 0 Å². The lowest BCUT2D eigenvalue weighted by Gasteiger charge is -2.27. The number of ether oxygens (including phenoxy) is 1. The van der Waals surface area contributed by atoms with Crippen molar-refractivity contribution in [3.63, 3.8) is 0 Å². The van der Waals surface area contributed by atoms with Crippen LogP contribution in [0.3, 0.4) is 0 Å². The quantitative estimate of drug-likeness (QED) is 0.897. The molecule has 1 saturated heterocycles. The minimum atomic E-state index is -4.87. The number of nitrogens with zero attached hydrogens (tertiary/aromatic N) is 1. The Labute approximate surface area is 113 Å². The highest BCUT2D eigenvalue weighted by molar-refractivity contribution is 7.89. The van der Waals surface area contributed by atoms with E-state index in [2.05, 4.69) is 0 Å². The molecule has 0 atom stereocenters. The summed E-state index contributed by atoms with van der Waals surface area (Å²) in [6, 6.07) is 2.10. The Hall–Kier alpha value is -1.32. The molecule has 0 radical (unpaired) electrons. The van der Waals surface area contributed by atoms with E-state index in [1.54, 1.807) is 0 Å². The second kappa shape index (κ2) is 5.23. The zero-order valence-electron chi connectivity index (χ0n) is 10.2. The van der Waals surface area contributed by atoms with Crippen molar-refractivity contribution in [3.05, 3.63) is 23.8 Å². The van der Waals surface area contributed by atoms with Crippen LogP contribution in [-0.4, -0.2) is 44.1 Å². The topological polar surface area (TPSA) is 66.8 Å². The van der Waals surface area contributed by atoms with E-state index in [1.165, 1.54) is 0 Å². The van der Waals surface area contributed by atoms with Gasteiger partial charge >= 0.3 is 6.18 Å². The second-order valence-electron chi connectivity index (χ2n) is 4.19. The fourth-order valence-corrected chi connectivity index (χ4v) is 3.49. The summed E-state index contributed by atoms with van der Waals surface area (Å²) in [4.78, 5) is -0.857. The van der Waals surface area contributed by atoms with Crippen LogP contribution in [0.5, 0.6) is 5.75 Å². The number of halogens is 3. The Morgan fingerprint density at radius 1 is 1.20 bits per heavy atom. The molecule has 2 rings (SSSR count). The fraction of sp³-hybridized carbons (Fsp3) is 0.455. The number of hydrogen-bond donors (Lipinski definition) is 1. The van der Waals surface area contributed by atoms with Gasteiger partial charge in [-0.25, -0.2) is 8.42 Å². The number of aromatic hydroxyl groups is 1. The smallest absolute Gasteiger partial charge is 0.417 e. The molecule has 1 fully saturated rings. The molecule has 0 saturated carbocycles. The van der Waals surface area contributed by atoms with Crippen LogP contribution in [0.15, 0.2) is 23.1 Å². The van der Waals surface area contributed by atoms with Crippen molar-refractivity contribution in [2.75, 3.05) is 26.3 Å². The summed E-state index contributed by atoms with van der Waals surface area (Å²) in [5.74, 6) is -0.641. The third kappa shape index (κ3) is 2.89. The molecule has 5 nitrogen and oxygen atoms in total. The molecule has 1 N–H and O–H groups in total. The van der Waals surface area contributed by atoms with Gasteiger partial charge in [0.05, 0.1) is 23.7 Å². The van der Waals surface area contributed by atoms with E-state index >= 15 is 0 Å². The molecule has 0 amide bonds. The molecular weight excluding hydrogens is 299 g/mol. The summed E-state index contributed by atoms with van der Waals surface area (Å²) in [6.07, 6.45) is -4.87. The van der Waals surface area contributed by atoms with Crippen LogP contribution in [0, 0.1) is 0 Å². The van der Waals surface area contributed by atoms with Gasteiger partial charge in [0, 0.05) is 13.1 Å². The van der Waals surface area contributed by atoms with E-state index in [0.717, 1.165) is 16.4 Å². The molecule has 0 aromatic heterocycles. The maximum absolute atomic E-state index is 12.9. The third-order valence-electron chi connectivity index (χ3n) is 2.86. The summed E-state index contributed by atoms with van der Waals surface area (Å²) in [5, 5.41) is 9.15. The van der Waals surface area contributed by atoms with Crippen molar-refractivity contribution >= 4 is 10.0 Å². The molecule has 1 aromatic carbocycles. The van der Waals surface area contributed by atoms with Gasteiger partial charge < -0.3 is 9.84 Å². The number of alkyl halides is 3. The molecule has 1 heterocycles. The van der Waals surface area contributed by atoms with Crippen LogP contribution in [0.4, 0.5) is 13.2 Å². The highest BCUT2D eigenvalue weighted by atomic mass is 32.2. The Bertz CT molecular complexity index is 594. The molecule has 112 valence electrons. The van der Waals surface area contributed by atoms with Gasteiger partial charge in [-0.15, -0.1) is 0 Å². The number of phenolic OH excluding ortho intramolecular Hbond substituents is 1. The molecule has 0 bridgehead atoms. The first-order valence-electron chi connectivity index (χ1n) is 5.71. The van der Waals surface area contributed by atoms with Crippen molar-refractivity contribution in [2.45, 2.75) is 11.1 Å². The third-order valence-corrected chi connectivity index (χ3v) is 4.81. The molecule has 9 heteroatoms. The zero-order chi connectivity index (χ0) is 15.0. The van der Waals surface area contributed by atoms with Crippen LogP contribution in [-0.2, 0) is 20.9 Å². The minimum Gasteiger partial charge on any atom is -0.508 e. The van der Waals surface area contributed by atoms with Gasteiger partial charge in [-0.05, 0) is 18.2 Å². The van der Waals surface area contributed by atoms with Gasteiger partial charge in [0.1, 0.15) is 5.75 Å². The van der Waals surface area contributed by atoms with E-state index in [-0.39, 0.29) is 26.3 Å². The normalized spacial score (nSPS) is 18.1. The van der Waals surface area contributed by atoms with Crippen molar-refractivity contribution in [3.8, 4) is 5.75 Å². The summed E-state index contributed by atoms with van der Waals surface area (Å²) in [6.45, 7) is 0.276. The average molecular weight is 311 g/mol. The summed E-state index contributed by atoms with van der Waals surface area (Å²) in [5.41, 5.74) is -1.37. The van der Waals surface area contributed by atoms with Crippen LogP contribution in [0.25, 0.3) is 0 Å². The molecule has 1 aliphatic heterocycles. The van der Waals surface area contributed by atoms with Crippen LogP contribution in [0.1, 0.15) is 5.56 Å². The lowest BCUT2D eigenvalue weighted by atomic mass is 10.2. The van der Waals surface area contributed by atoms with Gasteiger partial charge in [-0.3, -0.25) is 0 Å². The van der Waals surface area contributed by atoms with Crippen molar-refractivity contribution < 1.29 is 31.4 Å². The molecule has 20 heavy (non-hydrogen) atoms. The van der Waals surface area contributed by atoms with E-state index in [1.807, 2.05) is 0 Å². The second-order valence-corrected chi connectivity index (χ2v) is 6.10. The number of sulfonamides is 1. The molecule has 1 aromatic rings. The lowest BCUT2D eigenvalue weighted by molar-refractivity contribution is -0.140. The van der Waals surface area contributed by atoms with Crippen molar-refractivity contribution in [1.82, 2.24) is 4.31 Å². The van der Waals surface area contributed by atoms with Crippen molar-refractivity contribution in [1.29, 1.82) is 0 Å². The van der Waals surface area contributed by atoms with Crippen LogP contribution < -0.4 is 0 Å². The highest BCUT2D eigenvalue weighted by Crippen LogP contribution is 2.37.